The van der Waals surface area contributed by atoms with Crippen LogP contribution in [0, 0.1) is 0 Å². The molecule has 16 heavy (non-hydrogen) atoms. The normalized spacial score (nSPS) is 28.6. The van der Waals surface area contributed by atoms with E-state index in [0.29, 0.717) is 0 Å². The number of hydrogen-bond donors (Lipinski definition) is 1. The number of benzene rings is 1. The monoisotopic (exact) mass is 239 g/mol. The molecule has 1 heterocycles. The van der Waals surface area contributed by atoms with Crippen LogP contribution in [0.5, 0.6) is 0 Å². The van der Waals surface area contributed by atoms with Gasteiger partial charge in [-0.15, -0.1) is 0 Å². The highest BCUT2D eigenvalue weighted by molar-refractivity contribution is 7.91. The topological polar surface area (TPSA) is 66.7 Å². The molecule has 1 fully saturated rings. The van der Waals surface area contributed by atoms with Gasteiger partial charge < -0.3 is 5.11 Å². The summed E-state index contributed by atoms with van der Waals surface area (Å²) in [5.74, 6) is -0.235. The SMILES string of the molecule is O=S1(=O)C[C@H](N=Cc2ccccc2)[C@@H](O)C1. The first-order valence-corrected chi connectivity index (χ1v) is 6.86. The molecule has 0 saturated carbocycles. The van der Waals surface area contributed by atoms with Crippen LogP contribution in [0.15, 0.2) is 35.3 Å². The van der Waals surface area contributed by atoms with Crippen molar-refractivity contribution >= 4 is 16.1 Å². The fourth-order valence-electron chi connectivity index (χ4n) is 1.67. The average molecular weight is 239 g/mol. The van der Waals surface area contributed by atoms with Gasteiger partial charge in [0.1, 0.15) is 0 Å². The molecule has 0 aliphatic carbocycles. The lowest BCUT2D eigenvalue weighted by Gasteiger charge is -2.05. The second-order valence-electron chi connectivity index (χ2n) is 3.90. The van der Waals surface area contributed by atoms with E-state index in [0.717, 1.165) is 5.56 Å². The minimum absolute atomic E-state index is 0.0580. The smallest absolute Gasteiger partial charge is 0.155 e. The van der Waals surface area contributed by atoms with E-state index >= 15 is 0 Å². The van der Waals surface area contributed by atoms with Gasteiger partial charge in [0.15, 0.2) is 9.84 Å². The van der Waals surface area contributed by atoms with E-state index in [-0.39, 0.29) is 11.5 Å². The van der Waals surface area contributed by atoms with Crippen molar-refractivity contribution in [3.63, 3.8) is 0 Å². The zero-order valence-corrected chi connectivity index (χ0v) is 9.47. The third-order valence-corrected chi connectivity index (χ3v) is 4.21. The van der Waals surface area contributed by atoms with Gasteiger partial charge in [0.2, 0.25) is 0 Å². The van der Waals surface area contributed by atoms with Crippen molar-refractivity contribution in [1.82, 2.24) is 0 Å². The van der Waals surface area contributed by atoms with Crippen molar-refractivity contribution in [2.24, 2.45) is 4.99 Å². The Labute approximate surface area is 94.6 Å². The summed E-state index contributed by atoms with van der Waals surface area (Å²) in [5.41, 5.74) is 0.902. The van der Waals surface area contributed by atoms with E-state index in [1.54, 1.807) is 6.21 Å². The molecular weight excluding hydrogens is 226 g/mol. The fourth-order valence-corrected chi connectivity index (χ4v) is 3.38. The van der Waals surface area contributed by atoms with E-state index in [1.807, 2.05) is 30.3 Å². The highest BCUT2D eigenvalue weighted by Crippen LogP contribution is 2.15. The Kier molecular flexibility index (Phi) is 3.07. The Bertz CT molecular complexity index is 481. The van der Waals surface area contributed by atoms with Crippen LogP contribution < -0.4 is 0 Å². The van der Waals surface area contributed by atoms with E-state index in [2.05, 4.69) is 4.99 Å². The minimum atomic E-state index is -3.11. The van der Waals surface area contributed by atoms with Gasteiger partial charge in [0.25, 0.3) is 0 Å². The van der Waals surface area contributed by atoms with Gasteiger partial charge in [-0.25, -0.2) is 8.42 Å². The number of hydrogen-bond acceptors (Lipinski definition) is 4. The summed E-state index contributed by atoms with van der Waals surface area (Å²) < 4.78 is 22.5. The van der Waals surface area contributed by atoms with Crippen molar-refractivity contribution < 1.29 is 13.5 Å². The van der Waals surface area contributed by atoms with Gasteiger partial charge in [-0.1, -0.05) is 30.3 Å². The molecule has 0 amide bonds. The molecule has 2 rings (SSSR count). The number of aliphatic hydroxyl groups excluding tert-OH is 1. The Morgan fingerprint density at radius 2 is 1.94 bits per heavy atom. The van der Waals surface area contributed by atoms with E-state index in [1.165, 1.54) is 0 Å². The summed E-state index contributed by atoms with van der Waals surface area (Å²) in [6.07, 6.45) is 0.735. The molecule has 0 bridgehead atoms. The maximum absolute atomic E-state index is 11.2. The largest absolute Gasteiger partial charge is 0.390 e. The Hall–Kier alpha value is -1.20. The summed E-state index contributed by atoms with van der Waals surface area (Å²) in [6.45, 7) is 0. The van der Waals surface area contributed by atoms with Gasteiger partial charge in [-0.05, 0) is 5.56 Å². The summed E-state index contributed by atoms with van der Waals surface area (Å²) in [4.78, 5) is 4.12. The van der Waals surface area contributed by atoms with E-state index < -0.39 is 22.0 Å². The molecule has 5 heteroatoms. The fraction of sp³-hybridized carbons (Fsp3) is 0.364. The van der Waals surface area contributed by atoms with Crippen LogP contribution in [0.25, 0.3) is 0 Å². The van der Waals surface area contributed by atoms with E-state index in [4.69, 9.17) is 0 Å². The molecule has 1 aliphatic heterocycles. The van der Waals surface area contributed by atoms with Crippen molar-refractivity contribution in [3.05, 3.63) is 35.9 Å². The maximum atomic E-state index is 11.2. The average Bonchev–Trinajstić information content (AvgIpc) is 2.50. The van der Waals surface area contributed by atoms with Gasteiger partial charge in [-0.2, -0.15) is 0 Å². The van der Waals surface area contributed by atoms with Crippen LogP contribution in [0.2, 0.25) is 0 Å². The minimum Gasteiger partial charge on any atom is -0.390 e. The molecule has 0 aromatic heterocycles. The maximum Gasteiger partial charge on any atom is 0.155 e. The molecule has 1 aromatic rings. The molecule has 86 valence electrons. The predicted octanol–water partition coefficient (Wildman–Crippen LogP) is 0.263. The highest BCUT2D eigenvalue weighted by atomic mass is 32.2. The molecule has 2 atom stereocenters. The van der Waals surface area contributed by atoms with Crippen molar-refractivity contribution in [1.29, 1.82) is 0 Å². The molecule has 1 aromatic carbocycles. The summed E-state index contributed by atoms with van der Waals surface area (Å²) in [5, 5.41) is 9.51. The van der Waals surface area contributed by atoms with Gasteiger partial charge in [0.05, 0.1) is 23.7 Å². The Morgan fingerprint density at radius 3 is 2.50 bits per heavy atom. The molecule has 1 aliphatic rings. The van der Waals surface area contributed by atoms with Gasteiger partial charge in [-0.3, -0.25) is 4.99 Å². The van der Waals surface area contributed by atoms with Crippen LogP contribution in [-0.4, -0.2) is 43.4 Å². The molecular formula is C11H13NO3S. The summed E-state index contributed by atoms with van der Waals surface area (Å²) in [7, 11) is -3.11. The van der Waals surface area contributed by atoms with Gasteiger partial charge >= 0.3 is 0 Å². The lowest BCUT2D eigenvalue weighted by molar-refractivity contribution is 0.184. The second-order valence-corrected chi connectivity index (χ2v) is 6.05. The third-order valence-electron chi connectivity index (χ3n) is 2.51. The predicted molar refractivity (Wildman–Crippen MR) is 62.5 cm³/mol. The highest BCUT2D eigenvalue weighted by Gasteiger charge is 2.35. The third kappa shape index (κ3) is 2.68. The molecule has 1 saturated heterocycles. The van der Waals surface area contributed by atoms with Gasteiger partial charge in [0, 0.05) is 6.21 Å². The quantitative estimate of drug-likeness (QED) is 0.753. The first-order chi connectivity index (χ1) is 7.57. The van der Waals surface area contributed by atoms with Crippen LogP contribution >= 0.6 is 0 Å². The molecule has 4 nitrogen and oxygen atoms in total. The second kappa shape index (κ2) is 4.35. The lowest BCUT2D eigenvalue weighted by atomic mass is 10.2. The summed E-state index contributed by atoms with van der Waals surface area (Å²) >= 11 is 0. The van der Waals surface area contributed by atoms with Crippen LogP contribution in [-0.2, 0) is 9.84 Å². The zero-order valence-electron chi connectivity index (χ0n) is 8.65. The standard InChI is InChI=1S/C11H13NO3S/c13-11-8-16(14,15)7-10(11)12-6-9-4-2-1-3-5-9/h1-6,10-11,13H,7-8H2/t10-,11-/m0/s1. The number of aliphatic hydroxyl groups is 1. The zero-order chi connectivity index (χ0) is 11.6. The molecule has 0 radical (unpaired) electrons. The van der Waals surface area contributed by atoms with Crippen molar-refractivity contribution in [2.75, 3.05) is 11.5 Å². The lowest BCUT2D eigenvalue weighted by Crippen LogP contribution is -2.21. The number of aliphatic imine (C=N–C) groups is 1. The van der Waals surface area contributed by atoms with Crippen LogP contribution in [0.1, 0.15) is 5.56 Å². The molecule has 0 unspecified atom stereocenters. The number of rotatable bonds is 2. The Balaban J connectivity index is 2.09. The summed E-state index contributed by atoms with van der Waals surface area (Å²) in [6, 6.07) is 8.88. The van der Waals surface area contributed by atoms with Crippen LogP contribution in [0.3, 0.4) is 0 Å². The number of nitrogens with zero attached hydrogens (tertiary/aromatic N) is 1. The van der Waals surface area contributed by atoms with E-state index in [9.17, 15) is 13.5 Å². The molecule has 0 spiro atoms. The van der Waals surface area contributed by atoms with Crippen molar-refractivity contribution in [2.45, 2.75) is 12.1 Å². The first kappa shape index (κ1) is 11.3. The van der Waals surface area contributed by atoms with Crippen molar-refractivity contribution in [3.8, 4) is 0 Å². The Morgan fingerprint density at radius 1 is 1.25 bits per heavy atom. The number of sulfone groups is 1. The van der Waals surface area contributed by atoms with Crippen LogP contribution in [0.4, 0.5) is 0 Å². The molecule has 1 N–H and O–H groups in total. The first-order valence-electron chi connectivity index (χ1n) is 5.03.